The molecule has 2 aromatic carbocycles. The van der Waals surface area contributed by atoms with E-state index in [4.69, 9.17) is 4.74 Å². The van der Waals surface area contributed by atoms with Crippen LogP contribution in [0.25, 0.3) is 0 Å². The molecule has 0 amide bonds. The summed E-state index contributed by atoms with van der Waals surface area (Å²) in [6, 6.07) is 15.0. The third kappa shape index (κ3) is 3.61. The third-order valence-corrected chi connectivity index (χ3v) is 3.45. The van der Waals surface area contributed by atoms with Crippen molar-refractivity contribution in [3.63, 3.8) is 0 Å². The maximum absolute atomic E-state index is 5.99. The first kappa shape index (κ1) is 14.6. The molecule has 1 unspecified atom stereocenters. The molecule has 0 spiro atoms. The molecule has 2 heteroatoms. The Balaban J connectivity index is 2.23. The standard InChI is InChI=1S/C18H23NO/c1-5-18(19-4)15-7-6-8-16(12-15)20-17-10-13(2)9-14(3)11-17/h6-12,18-19H,5H2,1-4H3. The van der Waals surface area contributed by atoms with Gasteiger partial charge < -0.3 is 10.1 Å². The largest absolute Gasteiger partial charge is 0.457 e. The van der Waals surface area contributed by atoms with E-state index in [0.717, 1.165) is 17.9 Å². The SMILES string of the molecule is CCC(NC)c1cccc(Oc2cc(C)cc(C)c2)c1. The Kier molecular flexibility index (Phi) is 4.80. The highest BCUT2D eigenvalue weighted by molar-refractivity contribution is 5.38. The van der Waals surface area contributed by atoms with Crippen molar-refractivity contribution in [3.05, 3.63) is 59.2 Å². The summed E-state index contributed by atoms with van der Waals surface area (Å²) in [7, 11) is 1.99. The highest BCUT2D eigenvalue weighted by Crippen LogP contribution is 2.27. The van der Waals surface area contributed by atoms with Crippen LogP contribution in [0.3, 0.4) is 0 Å². The summed E-state index contributed by atoms with van der Waals surface area (Å²) in [5, 5.41) is 3.32. The molecular formula is C18H23NO. The van der Waals surface area contributed by atoms with Crippen molar-refractivity contribution in [1.82, 2.24) is 5.32 Å². The van der Waals surface area contributed by atoms with E-state index in [1.165, 1.54) is 16.7 Å². The normalized spacial score (nSPS) is 12.2. The molecule has 0 saturated carbocycles. The smallest absolute Gasteiger partial charge is 0.127 e. The monoisotopic (exact) mass is 269 g/mol. The lowest BCUT2D eigenvalue weighted by Gasteiger charge is -2.15. The summed E-state index contributed by atoms with van der Waals surface area (Å²) in [6.07, 6.45) is 1.06. The second-order valence-electron chi connectivity index (χ2n) is 5.25. The molecule has 2 aromatic rings. The lowest BCUT2D eigenvalue weighted by molar-refractivity contribution is 0.478. The van der Waals surface area contributed by atoms with Gasteiger partial charge in [-0.25, -0.2) is 0 Å². The molecule has 20 heavy (non-hydrogen) atoms. The molecular weight excluding hydrogens is 246 g/mol. The number of aryl methyl sites for hydroxylation is 2. The van der Waals surface area contributed by atoms with Crippen molar-refractivity contribution < 1.29 is 4.74 Å². The molecule has 0 aliphatic rings. The van der Waals surface area contributed by atoms with Gasteiger partial charge in [0.1, 0.15) is 11.5 Å². The van der Waals surface area contributed by atoms with Crippen molar-refractivity contribution in [1.29, 1.82) is 0 Å². The zero-order valence-corrected chi connectivity index (χ0v) is 12.7. The molecule has 0 fully saturated rings. The predicted octanol–water partition coefficient (Wildman–Crippen LogP) is 4.77. The van der Waals surface area contributed by atoms with Gasteiger partial charge >= 0.3 is 0 Å². The van der Waals surface area contributed by atoms with Crippen LogP contribution in [0.15, 0.2) is 42.5 Å². The summed E-state index contributed by atoms with van der Waals surface area (Å²) >= 11 is 0. The third-order valence-electron chi connectivity index (χ3n) is 3.45. The fourth-order valence-electron chi connectivity index (χ4n) is 2.53. The first-order chi connectivity index (χ1) is 9.62. The van der Waals surface area contributed by atoms with E-state index < -0.39 is 0 Å². The quantitative estimate of drug-likeness (QED) is 0.844. The van der Waals surface area contributed by atoms with E-state index in [-0.39, 0.29) is 0 Å². The fourth-order valence-corrected chi connectivity index (χ4v) is 2.53. The minimum absolute atomic E-state index is 0.373. The molecule has 106 valence electrons. The van der Waals surface area contributed by atoms with Crippen LogP contribution in [0.4, 0.5) is 0 Å². The van der Waals surface area contributed by atoms with E-state index in [1.54, 1.807) is 0 Å². The fraction of sp³-hybridized carbons (Fsp3) is 0.333. The summed E-state index contributed by atoms with van der Waals surface area (Å²) in [6.45, 7) is 6.35. The van der Waals surface area contributed by atoms with Gasteiger partial charge in [-0.15, -0.1) is 0 Å². The summed E-state index contributed by atoms with van der Waals surface area (Å²) in [5.74, 6) is 1.79. The van der Waals surface area contributed by atoms with E-state index in [1.807, 2.05) is 19.2 Å². The van der Waals surface area contributed by atoms with Crippen LogP contribution in [0.2, 0.25) is 0 Å². The van der Waals surface area contributed by atoms with Crippen LogP contribution in [0.5, 0.6) is 11.5 Å². The number of nitrogens with one attached hydrogen (secondary N) is 1. The maximum Gasteiger partial charge on any atom is 0.127 e. The van der Waals surface area contributed by atoms with Gasteiger partial charge in [-0.3, -0.25) is 0 Å². The van der Waals surface area contributed by atoms with E-state index in [9.17, 15) is 0 Å². The molecule has 1 atom stereocenters. The van der Waals surface area contributed by atoms with Crippen LogP contribution in [0, 0.1) is 13.8 Å². The Morgan fingerprint density at radius 3 is 2.30 bits per heavy atom. The van der Waals surface area contributed by atoms with Crippen molar-refractivity contribution in [2.75, 3.05) is 7.05 Å². The number of ether oxygens (including phenoxy) is 1. The molecule has 0 heterocycles. The minimum Gasteiger partial charge on any atom is -0.457 e. The molecule has 2 rings (SSSR count). The molecule has 0 aromatic heterocycles. The van der Waals surface area contributed by atoms with Crippen molar-refractivity contribution in [2.24, 2.45) is 0 Å². The van der Waals surface area contributed by atoms with Gasteiger partial charge in [0.25, 0.3) is 0 Å². The lowest BCUT2D eigenvalue weighted by atomic mass is 10.0. The molecule has 0 saturated heterocycles. The lowest BCUT2D eigenvalue weighted by Crippen LogP contribution is -2.14. The molecule has 2 nitrogen and oxygen atoms in total. The van der Waals surface area contributed by atoms with Crippen LogP contribution in [-0.2, 0) is 0 Å². The molecule has 1 N–H and O–H groups in total. The number of hydrogen-bond donors (Lipinski definition) is 1. The Hall–Kier alpha value is -1.80. The highest BCUT2D eigenvalue weighted by atomic mass is 16.5. The van der Waals surface area contributed by atoms with E-state index in [2.05, 4.69) is 56.4 Å². The van der Waals surface area contributed by atoms with Gasteiger partial charge in [-0.05, 0) is 68.3 Å². The van der Waals surface area contributed by atoms with Crippen LogP contribution in [0.1, 0.15) is 36.1 Å². The highest BCUT2D eigenvalue weighted by Gasteiger charge is 2.07. The van der Waals surface area contributed by atoms with Crippen LogP contribution >= 0.6 is 0 Å². The van der Waals surface area contributed by atoms with E-state index >= 15 is 0 Å². The number of hydrogen-bond acceptors (Lipinski definition) is 2. The zero-order valence-electron chi connectivity index (χ0n) is 12.7. The summed E-state index contributed by atoms with van der Waals surface area (Å²) in [4.78, 5) is 0. The van der Waals surface area contributed by atoms with Gasteiger partial charge in [-0.1, -0.05) is 25.1 Å². The Morgan fingerprint density at radius 2 is 1.70 bits per heavy atom. The molecule has 0 bridgehead atoms. The average molecular weight is 269 g/mol. The van der Waals surface area contributed by atoms with Crippen molar-refractivity contribution in [2.45, 2.75) is 33.2 Å². The maximum atomic E-state index is 5.99. The first-order valence-electron chi connectivity index (χ1n) is 7.15. The van der Waals surface area contributed by atoms with Gasteiger partial charge in [-0.2, -0.15) is 0 Å². The van der Waals surface area contributed by atoms with Gasteiger partial charge in [0.05, 0.1) is 0 Å². The first-order valence-corrected chi connectivity index (χ1v) is 7.15. The minimum atomic E-state index is 0.373. The van der Waals surface area contributed by atoms with Crippen LogP contribution in [-0.4, -0.2) is 7.05 Å². The Labute approximate surface area is 121 Å². The van der Waals surface area contributed by atoms with Crippen LogP contribution < -0.4 is 10.1 Å². The van der Waals surface area contributed by atoms with Gasteiger partial charge in [0.15, 0.2) is 0 Å². The molecule has 0 radical (unpaired) electrons. The van der Waals surface area contributed by atoms with Crippen molar-refractivity contribution in [3.8, 4) is 11.5 Å². The average Bonchev–Trinajstić information content (AvgIpc) is 2.39. The Bertz CT molecular complexity index is 553. The van der Waals surface area contributed by atoms with Gasteiger partial charge in [0.2, 0.25) is 0 Å². The summed E-state index contributed by atoms with van der Waals surface area (Å²) in [5.41, 5.74) is 3.70. The molecule has 0 aliphatic carbocycles. The second-order valence-corrected chi connectivity index (χ2v) is 5.25. The number of rotatable bonds is 5. The summed E-state index contributed by atoms with van der Waals surface area (Å²) < 4.78 is 5.99. The predicted molar refractivity (Wildman–Crippen MR) is 84.5 cm³/mol. The number of benzene rings is 2. The zero-order chi connectivity index (χ0) is 14.5. The molecule has 0 aliphatic heterocycles. The Morgan fingerprint density at radius 1 is 1.00 bits per heavy atom. The topological polar surface area (TPSA) is 21.3 Å². The van der Waals surface area contributed by atoms with Gasteiger partial charge in [0, 0.05) is 6.04 Å². The van der Waals surface area contributed by atoms with E-state index in [0.29, 0.717) is 6.04 Å². The second kappa shape index (κ2) is 6.58. The van der Waals surface area contributed by atoms with Crippen molar-refractivity contribution >= 4 is 0 Å².